The van der Waals surface area contributed by atoms with Crippen molar-refractivity contribution in [3.05, 3.63) is 64.8 Å². The fourth-order valence-electron chi connectivity index (χ4n) is 2.22. The second-order valence-electron chi connectivity index (χ2n) is 5.24. The van der Waals surface area contributed by atoms with Crippen LogP contribution in [-0.4, -0.2) is 16.1 Å². The maximum Gasteiger partial charge on any atom is 0.238 e. The predicted octanol–water partition coefficient (Wildman–Crippen LogP) is 5.66. The molecule has 0 saturated carbocycles. The Balaban J connectivity index is 1.70. The lowest BCUT2D eigenvalue weighted by Crippen LogP contribution is -2.23. The van der Waals surface area contributed by atoms with Gasteiger partial charge in [-0.15, -0.1) is 11.8 Å². The topological polar surface area (TPSA) is 42.0 Å². The molecule has 6 heteroatoms. The number of halogens is 2. The first-order valence-corrected chi connectivity index (χ1v) is 8.94. The predicted molar refractivity (Wildman–Crippen MR) is 102 cm³/mol. The number of benzene rings is 2. The van der Waals surface area contributed by atoms with E-state index in [1.54, 1.807) is 6.07 Å². The second kappa shape index (κ2) is 7.43. The van der Waals surface area contributed by atoms with Crippen LogP contribution in [0.2, 0.25) is 10.0 Å². The minimum atomic E-state index is -0.292. The van der Waals surface area contributed by atoms with Crippen LogP contribution in [0, 0.1) is 0 Å². The molecule has 0 bridgehead atoms. The van der Waals surface area contributed by atoms with Gasteiger partial charge < -0.3 is 5.32 Å². The summed E-state index contributed by atoms with van der Waals surface area (Å²) >= 11 is 13.3. The van der Waals surface area contributed by atoms with Crippen molar-refractivity contribution in [2.75, 3.05) is 5.32 Å². The number of fused-ring (bicyclic) bond motifs is 1. The first-order valence-electron chi connectivity index (χ1n) is 7.30. The van der Waals surface area contributed by atoms with Gasteiger partial charge >= 0.3 is 0 Å². The van der Waals surface area contributed by atoms with Gasteiger partial charge in [-0.05, 0) is 35.9 Å². The number of rotatable bonds is 4. The van der Waals surface area contributed by atoms with Crippen molar-refractivity contribution in [3.8, 4) is 0 Å². The summed E-state index contributed by atoms with van der Waals surface area (Å²) in [5.41, 5.74) is 0. The minimum Gasteiger partial charge on any atom is -0.308 e. The maximum absolute atomic E-state index is 12.4. The largest absolute Gasteiger partial charge is 0.308 e. The average molecular weight is 377 g/mol. The lowest BCUT2D eigenvalue weighted by Gasteiger charge is -2.13. The molecule has 3 rings (SSSR count). The highest BCUT2D eigenvalue weighted by molar-refractivity contribution is 8.00. The van der Waals surface area contributed by atoms with Crippen LogP contribution < -0.4 is 5.32 Å². The summed E-state index contributed by atoms with van der Waals surface area (Å²) in [4.78, 5) is 17.4. The summed E-state index contributed by atoms with van der Waals surface area (Å²) in [6.45, 7) is 1.85. The molecule has 1 unspecified atom stereocenters. The molecule has 0 radical (unpaired) electrons. The third kappa shape index (κ3) is 4.01. The van der Waals surface area contributed by atoms with E-state index >= 15 is 0 Å². The Hall–Kier alpha value is -1.75. The number of nitrogens with one attached hydrogen (secondary N) is 1. The van der Waals surface area contributed by atoms with E-state index < -0.39 is 0 Å². The number of anilines is 1. The molecule has 1 aromatic heterocycles. The molecule has 1 N–H and O–H groups in total. The van der Waals surface area contributed by atoms with E-state index in [1.165, 1.54) is 23.3 Å². The standard InChI is InChI=1S/C18H14Cl2N2OS/c1-11(18(23)22-17-16(20)9-14(19)10-21-17)24-15-7-6-12-4-2-3-5-13(12)8-15/h2-11H,1H3,(H,21,22,23). The van der Waals surface area contributed by atoms with E-state index in [2.05, 4.69) is 34.6 Å². The van der Waals surface area contributed by atoms with Crippen LogP contribution in [0.5, 0.6) is 0 Å². The van der Waals surface area contributed by atoms with Crippen LogP contribution in [0.25, 0.3) is 10.8 Å². The summed E-state index contributed by atoms with van der Waals surface area (Å²) < 4.78 is 0. The number of pyridine rings is 1. The highest BCUT2D eigenvalue weighted by Crippen LogP contribution is 2.28. The SMILES string of the molecule is CC(Sc1ccc2ccccc2c1)C(=O)Nc1ncc(Cl)cc1Cl. The van der Waals surface area contributed by atoms with Crippen LogP contribution in [-0.2, 0) is 4.79 Å². The van der Waals surface area contributed by atoms with Gasteiger partial charge in [-0.3, -0.25) is 4.79 Å². The van der Waals surface area contributed by atoms with Crippen LogP contribution in [0.4, 0.5) is 5.82 Å². The van der Waals surface area contributed by atoms with Gasteiger partial charge in [0.15, 0.2) is 5.82 Å². The molecule has 1 heterocycles. The zero-order valence-electron chi connectivity index (χ0n) is 12.8. The van der Waals surface area contributed by atoms with Crippen molar-refractivity contribution < 1.29 is 4.79 Å². The molecule has 0 aliphatic rings. The quantitative estimate of drug-likeness (QED) is 0.597. The summed E-state index contributed by atoms with van der Waals surface area (Å²) in [5.74, 6) is 0.155. The lowest BCUT2D eigenvalue weighted by molar-refractivity contribution is -0.115. The number of thioether (sulfide) groups is 1. The van der Waals surface area contributed by atoms with E-state index in [0.717, 1.165) is 10.3 Å². The number of hydrogen-bond donors (Lipinski definition) is 1. The molecule has 1 atom stereocenters. The molecule has 3 aromatic rings. The molecular formula is C18H14Cl2N2OS. The normalized spacial score (nSPS) is 12.1. The fourth-order valence-corrected chi connectivity index (χ4v) is 3.57. The first-order chi connectivity index (χ1) is 11.5. The first kappa shape index (κ1) is 17.1. The Bertz CT molecular complexity index is 901. The van der Waals surface area contributed by atoms with Gasteiger partial charge in [-0.2, -0.15) is 0 Å². The maximum atomic E-state index is 12.4. The molecule has 0 spiro atoms. The molecule has 122 valence electrons. The number of hydrogen-bond acceptors (Lipinski definition) is 3. The smallest absolute Gasteiger partial charge is 0.238 e. The Kier molecular flexibility index (Phi) is 5.29. The van der Waals surface area contributed by atoms with E-state index in [1.807, 2.05) is 25.1 Å². The highest BCUT2D eigenvalue weighted by atomic mass is 35.5. The minimum absolute atomic E-state index is 0.162. The molecule has 0 fully saturated rings. The van der Waals surface area contributed by atoms with Gasteiger partial charge in [0.05, 0.1) is 15.3 Å². The third-order valence-electron chi connectivity index (χ3n) is 3.45. The Morgan fingerprint density at radius 3 is 2.62 bits per heavy atom. The zero-order chi connectivity index (χ0) is 17.1. The molecule has 3 nitrogen and oxygen atoms in total. The summed E-state index contributed by atoms with van der Waals surface area (Å²) in [6.07, 6.45) is 1.45. The van der Waals surface area contributed by atoms with Crippen LogP contribution >= 0.6 is 35.0 Å². The van der Waals surface area contributed by atoms with Crippen molar-refractivity contribution in [1.82, 2.24) is 4.98 Å². The van der Waals surface area contributed by atoms with E-state index in [4.69, 9.17) is 23.2 Å². The van der Waals surface area contributed by atoms with Crippen LogP contribution in [0.15, 0.2) is 59.6 Å². The van der Waals surface area contributed by atoms with Crippen molar-refractivity contribution in [2.24, 2.45) is 0 Å². The lowest BCUT2D eigenvalue weighted by atomic mass is 10.1. The van der Waals surface area contributed by atoms with E-state index in [0.29, 0.717) is 15.9 Å². The number of carbonyl (C=O) groups excluding carboxylic acids is 1. The summed E-state index contributed by atoms with van der Waals surface area (Å²) in [5, 5.41) is 5.51. The number of aromatic nitrogens is 1. The van der Waals surface area contributed by atoms with Gasteiger partial charge in [0, 0.05) is 11.1 Å². The molecule has 24 heavy (non-hydrogen) atoms. The molecule has 2 aromatic carbocycles. The monoisotopic (exact) mass is 376 g/mol. The highest BCUT2D eigenvalue weighted by Gasteiger charge is 2.16. The van der Waals surface area contributed by atoms with Gasteiger partial charge in [0.25, 0.3) is 0 Å². The average Bonchev–Trinajstić information content (AvgIpc) is 2.57. The molecule has 1 amide bonds. The Morgan fingerprint density at radius 1 is 1.12 bits per heavy atom. The molecule has 0 aliphatic carbocycles. The van der Waals surface area contributed by atoms with Crippen molar-refractivity contribution in [1.29, 1.82) is 0 Å². The number of carbonyl (C=O) groups is 1. The van der Waals surface area contributed by atoms with E-state index in [9.17, 15) is 4.79 Å². The Labute approximate surface area is 154 Å². The summed E-state index contributed by atoms with van der Waals surface area (Å²) in [6, 6.07) is 15.8. The number of amides is 1. The van der Waals surface area contributed by atoms with Crippen molar-refractivity contribution in [2.45, 2.75) is 17.1 Å². The van der Waals surface area contributed by atoms with Crippen LogP contribution in [0.1, 0.15) is 6.92 Å². The fraction of sp³-hybridized carbons (Fsp3) is 0.111. The molecule has 0 aliphatic heterocycles. The van der Waals surface area contributed by atoms with E-state index in [-0.39, 0.29) is 11.2 Å². The van der Waals surface area contributed by atoms with Gasteiger partial charge in [0.2, 0.25) is 5.91 Å². The molecule has 0 saturated heterocycles. The summed E-state index contributed by atoms with van der Waals surface area (Å²) in [7, 11) is 0. The second-order valence-corrected chi connectivity index (χ2v) is 7.50. The van der Waals surface area contributed by atoms with Crippen molar-refractivity contribution >= 4 is 57.5 Å². The Morgan fingerprint density at radius 2 is 1.88 bits per heavy atom. The zero-order valence-corrected chi connectivity index (χ0v) is 15.1. The van der Waals surface area contributed by atoms with Gasteiger partial charge in [0.1, 0.15) is 0 Å². The third-order valence-corrected chi connectivity index (χ3v) is 5.04. The van der Waals surface area contributed by atoms with Crippen LogP contribution in [0.3, 0.4) is 0 Å². The number of nitrogens with zero attached hydrogens (tertiary/aromatic N) is 1. The van der Waals surface area contributed by atoms with Gasteiger partial charge in [-0.1, -0.05) is 53.5 Å². The molecular weight excluding hydrogens is 363 g/mol. The van der Waals surface area contributed by atoms with Gasteiger partial charge in [-0.25, -0.2) is 4.98 Å². The van der Waals surface area contributed by atoms with Crippen molar-refractivity contribution in [3.63, 3.8) is 0 Å².